The minimum atomic E-state index is -1.00. The summed E-state index contributed by atoms with van der Waals surface area (Å²) >= 11 is 0. The average Bonchev–Trinajstić information content (AvgIpc) is 2.86. The number of benzene rings is 4. The molecule has 0 saturated heterocycles. The van der Waals surface area contributed by atoms with Crippen LogP contribution in [0.15, 0.2) is 79.4 Å². The number of ether oxygens (including phenoxy) is 2. The van der Waals surface area contributed by atoms with Crippen LogP contribution in [0.4, 0.5) is 0 Å². The number of carboxylic acid groups (broad SMARTS) is 2. The number of hydrogen-bond donors (Lipinski definition) is 2. The maximum Gasteiger partial charge on any atom is 0.335 e. The number of rotatable bonds is 6. The van der Waals surface area contributed by atoms with Crippen LogP contribution in [0.5, 0.6) is 11.5 Å². The van der Waals surface area contributed by atoms with Gasteiger partial charge in [-0.05, 0) is 69.9 Å². The molecule has 0 aliphatic carbocycles. The van der Waals surface area contributed by atoms with Gasteiger partial charge < -0.3 is 19.7 Å². The molecule has 176 valence electrons. The molecule has 1 unspecified atom stereocenters. The Labute approximate surface area is 199 Å². The molecule has 0 amide bonds. The minimum absolute atomic E-state index is 0. The first-order chi connectivity index (χ1) is 16.2. The van der Waals surface area contributed by atoms with Crippen LogP contribution in [0, 0.1) is 0 Å². The third kappa shape index (κ3) is 5.53. The van der Waals surface area contributed by atoms with E-state index in [1.165, 1.54) is 0 Å². The van der Waals surface area contributed by atoms with Crippen molar-refractivity contribution in [1.82, 2.24) is 0 Å². The summed E-state index contributed by atoms with van der Waals surface area (Å²) in [4.78, 5) is 21.7. The minimum Gasteiger partial charge on any atom is -0.497 e. The van der Waals surface area contributed by atoms with Gasteiger partial charge in [0, 0.05) is 1.43 Å². The van der Waals surface area contributed by atoms with Crippen molar-refractivity contribution in [3.63, 3.8) is 0 Å². The molecule has 6 nitrogen and oxygen atoms in total. The Hall–Kier alpha value is -4.32. The highest BCUT2D eigenvalue weighted by molar-refractivity contribution is 6.15. The van der Waals surface area contributed by atoms with Crippen LogP contribution >= 0.6 is 0 Å². The summed E-state index contributed by atoms with van der Waals surface area (Å²) in [5, 5.41) is 21.9. The van der Waals surface area contributed by atoms with Crippen molar-refractivity contribution >= 4 is 39.1 Å². The number of carboxylic acids is 2. The first-order valence-corrected chi connectivity index (χ1v) is 10.5. The number of methoxy groups -OCH3 is 2. The van der Waals surface area contributed by atoms with E-state index in [0.717, 1.165) is 38.6 Å². The molecule has 0 radical (unpaired) electrons. The van der Waals surface area contributed by atoms with Crippen LogP contribution in [0.2, 0.25) is 0 Å². The standard InChI is InChI=1S/C14H14O3.C14H12O3.H2/c2*1-9(14(15)16)10-3-4-12-8-13(17-2)6-5-11(12)7-10;/h3-9H,1-2H3,(H,15,16);3-8H,1H2,2H3,(H,15,16);1H. The molecule has 34 heavy (non-hydrogen) atoms. The van der Waals surface area contributed by atoms with Gasteiger partial charge in [-0.3, -0.25) is 4.79 Å². The topological polar surface area (TPSA) is 93.1 Å². The molecule has 4 rings (SSSR count). The quantitative estimate of drug-likeness (QED) is 0.331. The molecule has 0 aliphatic rings. The number of hydrogen-bond acceptors (Lipinski definition) is 4. The van der Waals surface area contributed by atoms with Crippen molar-refractivity contribution in [2.75, 3.05) is 14.2 Å². The lowest BCUT2D eigenvalue weighted by Crippen LogP contribution is -2.06. The van der Waals surface area contributed by atoms with E-state index in [2.05, 4.69) is 6.58 Å². The Bertz CT molecular complexity index is 1380. The van der Waals surface area contributed by atoms with E-state index in [0.29, 0.717) is 5.56 Å². The Morgan fingerprint density at radius 2 is 1.24 bits per heavy atom. The van der Waals surface area contributed by atoms with Crippen LogP contribution in [0.25, 0.3) is 27.1 Å². The predicted molar refractivity (Wildman–Crippen MR) is 136 cm³/mol. The first kappa shape index (κ1) is 24.3. The molecule has 4 aromatic rings. The fourth-order valence-corrected chi connectivity index (χ4v) is 3.44. The molecule has 0 spiro atoms. The van der Waals surface area contributed by atoms with E-state index in [1.807, 2.05) is 66.7 Å². The maximum absolute atomic E-state index is 10.9. The zero-order valence-corrected chi connectivity index (χ0v) is 19.2. The second-order valence-corrected chi connectivity index (χ2v) is 7.74. The summed E-state index contributed by atoms with van der Waals surface area (Å²) in [5.41, 5.74) is 1.54. The molecule has 0 aromatic heterocycles. The van der Waals surface area contributed by atoms with Crippen LogP contribution in [0.3, 0.4) is 0 Å². The molecule has 2 N–H and O–H groups in total. The summed E-state index contributed by atoms with van der Waals surface area (Å²) < 4.78 is 10.3. The predicted octanol–water partition coefficient (Wildman–Crippen LogP) is 6.23. The van der Waals surface area contributed by atoms with Gasteiger partial charge in [0.25, 0.3) is 0 Å². The highest BCUT2D eigenvalue weighted by Gasteiger charge is 2.13. The van der Waals surface area contributed by atoms with Gasteiger partial charge in [-0.25, -0.2) is 4.79 Å². The third-order valence-electron chi connectivity index (χ3n) is 5.60. The third-order valence-corrected chi connectivity index (χ3v) is 5.60. The summed E-state index contributed by atoms with van der Waals surface area (Å²) in [6, 6.07) is 22.5. The highest BCUT2D eigenvalue weighted by Crippen LogP contribution is 2.26. The number of aliphatic carboxylic acids is 2. The molecule has 6 heteroatoms. The Kier molecular flexibility index (Phi) is 7.53. The Balaban J connectivity index is 0.000000240. The lowest BCUT2D eigenvalue weighted by atomic mass is 9.98. The lowest BCUT2D eigenvalue weighted by Gasteiger charge is -2.08. The van der Waals surface area contributed by atoms with Gasteiger partial charge in [-0.1, -0.05) is 49.0 Å². The molecular formula is C28H28O6. The summed E-state index contributed by atoms with van der Waals surface area (Å²) in [6.45, 7) is 5.23. The summed E-state index contributed by atoms with van der Waals surface area (Å²) in [5.74, 6) is -0.712. The van der Waals surface area contributed by atoms with Gasteiger partial charge in [0.05, 0.1) is 25.7 Å². The molecule has 0 bridgehead atoms. The largest absolute Gasteiger partial charge is 0.497 e. The van der Waals surface area contributed by atoms with Crippen LogP contribution in [-0.4, -0.2) is 36.4 Å². The van der Waals surface area contributed by atoms with Crippen molar-refractivity contribution in [2.45, 2.75) is 12.8 Å². The SMILES string of the molecule is C=C(C(=O)O)c1ccc2cc(OC)ccc2c1.COc1ccc2cc(C(C)C(=O)O)ccc2c1.[HH]. The van der Waals surface area contributed by atoms with Crippen LogP contribution < -0.4 is 9.47 Å². The fraction of sp³-hybridized carbons (Fsp3) is 0.143. The van der Waals surface area contributed by atoms with E-state index >= 15 is 0 Å². The highest BCUT2D eigenvalue weighted by atomic mass is 16.5. The van der Waals surface area contributed by atoms with E-state index < -0.39 is 17.9 Å². The maximum atomic E-state index is 10.9. The van der Waals surface area contributed by atoms with E-state index in [1.54, 1.807) is 27.2 Å². The Morgan fingerprint density at radius 1 is 0.765 bits per heavy atom. The number of carbonyl (C=O) groups is 2. The number of fused-ring (bicyclic) bond motifs is 2. The van der Waals surface area contributed by atoms with Crippen molar-refractivity contribution in [1.29, 1.82) is 0 Å². The fourth-order valence-electron chi connectivity index (χ4n) is 3.44. The van der Waals surface area contributed by atoms with E-state index in [4.69, 9.17) is 19.7 Å². The average molecular weight is 461 g/mol. The van der Waals surface area contributed by atoms with E-state index in [-0.39, 0.29) is 7.00 Å². The molecule has 0 aliphatic heterocycles. The molecule has 0 fully saturated rings. The summed E-state index contributed by atoms with van der Waals surface area (Å²) in [7, 11) is 3.24. The molecule has 1 atom stereocenters. The van der Waals surface area contributed by atoms with Crippen molar-refractivity contribution in [3.8, 4) is 11.5 Å². The Morgan fingerprint density at radius 3 is 1.74 bits per heavy atom. The van der Waals surface area contributed by atoms with Crippen LogP contribution in [0.1, 0.15) is 25.4 Å². The molecule has 4 aromatic carbocycles. The first-order valence-electron chi connectivity index (χ1n) is 10.5. The van der Waals surface area contributed by atoms with Gasteiger partial charge in [-0.15, -0.1) is 0 Å². The van der Waals surface area contributed by atoms with Crippen LogP contribution in [-0.2, 0) is 9.59 Å². The van der Waals surface area contributed by atoms with E-state index in [9.17, 15) is 9.59 Å². The second-order valence-electron chi connectivity index (χ2n) is 7.74. The summed E-state index contributed by atoms with van der Waals surface area (Å²) in [6.07, 6.45) is 0. The molecule has 0 saturated carbocycles. The van der Waals surface area contributed by atoms with Gasteiger partial charge >= 0.3 is 11.9 Å². The van der Waals surface area contributed by atoms with Crippen molar-refractivity contribution < 1.29 is 30.7 Å². The van der Waals surface area contributed by atoms with Gasteiger partial charge in [0.2, 0.25) is 0 Å². The van der Waals surface area contributed by atoms with Crippen molar-refractivity contribution in [2.24, 2.45) is 0 Å². The lowest BCUT2D eigenvalue weighted by molar-refractivity contribution is -0.138. The molecule has 0 heterocycles. The zero-order valence-electron chi connectivity index (χ0n) is 19.2. The zero-order chi connectivity index (χ0) is 24.8. The second kappa shape index (κ2) is 10.5. The smallest absolute Gasteiger partial charge is 0.335 e. The van der Waals surface area contributed by atoms with Gasteiger partial charge in [0.1, 0.15) is 11.5 Å². The normalized spacial score (nSPS) is 11.3. The van der Waals surface area contributed by atoms with Gasteiger partial charge in [-0.2, -0.15) is 0 Å². The monoisotopic (exact) mass is 460 g/mol. The molecular weight excluding hydrogens is 432 g/mol. The van der Waals surface area contributed by atoms with Crippen molar-refractivity contribution in [3.05, 3.63) is 90.5 Å². The van der Waals surface area contributed by atoms with Gasteiger partial charge in [0.15, 0.2) is 0 Å².